The lowest BCUT2D eigenvalue weighted by Crippen LogP contribution is -2.39. The van der Waals surface area contributed by atoms with Crippen molar-refractivity contribution >= 4 is 11.8 Å². The lowest BCUT2D eigenvalue weighted by Gasteiger charge is -2.22. The Bertz CT molecular complexity index is 638. The lowest BCUT2D eigenvalue weighted by atomic mass is 9.89. The van der Waals surface area contributed by atoms with Crippen LogP contribution in [0.15, 0.2) is 55.6 Å². The highest BCUT2D eigenvalue weighted by atomic mass is 16.2. The minimum atomic E-state index is -0.243. The molecule has 132 valence electrons. The normalized spacial score (nSPS) is 28.5. The van der Waals surface area contributed by atoms with Gasteiger partial charge >= 0.3 is 0 Å². The molecule has 2 fully saturated rings. The number of fused-ring (bicyclic) bond motifs is 1. The van der Waals surface area contributed by atoms with Crippen LogP contribution in [-0.2, 0) is 16.1 Å². The van der Waals surface area contributed by atoms with Gasteiger partial charge in [-0.1, -0.05) is 42.5 Å². The molecule has 0 spiro atoms. The minimum Gasteiger partial charge on any atom is -0.300 e. The second-order valence-corrected chi connectivity index (χ2v) is 7.14. The summed E-state index contributed by atoms with van der Waals surface area (Å²) in [6.07, 6.45) is 4.47. The number of amides is 2. The highest BCUT2D eigenvalue weighted by Crippen LogP contribution is 2.48. The second kappa shape index (κ2) is 7.36. The first-order valence-corrected chi connectivity index (χ1v) is 8.89. The van der Waals surface area contributed by atoms with Gasteiger partial charge in [0.25, 0.3) is 0 Å². The molecule has 0 aromatic heterocycles. The molecule has 4 heteroatoms. The van der Waals surface area contributed by atoms with Crippen LogP contribution in [0.25, 0.3) is 0 Å². The average molecular weight is 338 g/mol. The predicted molar refractivity (Wildman–Crippen MR) is 98.5 cm³/mol. The molecular weight excluding hydrogens is 312 g/mol. The van der Waals surface area contributed by atoms with Crippen molar-refractivity contribution in [1.29, 1.82) is 0 Å². The Morgan fingerprint density at radius 3 is 2.16 bits per heavy atom. The summed E-state index contributed by atoms with van der Waals surface area (Å²) in [6, 6.07) is 10.2. The minimum absolute atomic E-state index is 0.0302. The third-order valence-corrected chi connectivity index (χ3v) is 5.56. The van der Waals surface area contributed by atoms with Crippen molar-refractivity contribution in [1.82, 2.24) is 9.80 Å². The molecule has 2 aliphatic rings. The van der Waals surface area contributed by atoms with E-state index in [-0.39, 0.29) is 35.5 Å². The van der Waals surface area contributed by atoms with Crippen LogP contribution in [0.5, 0.6) is 0 Å². The van der Waals surface area contributed by atoms with Crippen LogP contribution in [0.4, 0.5) is 0 Å². The zero-order chi connectivity index (χ0) is 18.0. The summed E-state index contributed by atoms with van der Waals surface area (Å²) in [5.41, 5.74) is 1.22. The van der Waals surface area contributed by atoms with E-state index in [0.29, 0.717) is 13.1 Å². The van der Waals surface area contributed by atoms with Crippen LogP contribution >= 0.6 is 0 Å². The van der Waals surface area contributed by atoms with Gasteiger partial charge < -0.3 is 4.90 Å². The molecule has 1 aliphatic carbocycles. The number of rotatable bonds is 7. The van der Waals surface area contributed by atoms with Gasteiger partial charge in [-0.3, -0.25) is 14.5 Å². The molecule has 3 rings (SSSR count). The van der Waals surface area contributed by atoms with Crippen LogP contribution in [0, 0.1) is 23.7 Å². The number of likely N-dealkylation sites (N-methyl/N-ethyl adjacent to an activating group) is 1. The highest BCUT2D eigenvalue weighted by molar-refractivity contribution is 6.06. The molecule has 0 N–H and O–H groups in total. The van der Waals surface area contributed by atoms with Crippen molar-refractivity contribution in [2.45, 2.75) is 13.0 Å². The molecule has 1 aromatic rings. The molecule has 1 heterocycles. The van der Waals surface area contributed by atoms with Gasteiger partial charge in [0.1, 0.15) is 0 Å². The fourth-order valence-electron chi connectivity index (χ4n) is 4.23. The molecule has 2 amide bonds. The van der Waals surface area contributed by atoms with Gasteiger partial charge in [0, 0.05) is 19.6 Å². The van der Waals surface area contributed by atoms with Crippen molar-refractivity contribution in [2.75, 3.05) is 20.1 Å². The zero-order valence-corrected chi connectivity index (χ0v) is 14.8. The second-order valence-electron chi connectivity index (χ2n) is 7.14. The molecule has 1 saturated carbocycles. The molecule has 1 aliphatic heterocycles. The van der Waals surface area contributed by atoms with Crippen LogP contribution in [0.2, 0.25) is 0 Å². The number of imide groups is 1. The van der Waals surface area contributed by atoms with Gasteiger partial charge in [0.05, 0.1) is 11.8 Å². The zero-order valence-electron chi connectivity index (χ0n) is 14.8. The summed E-state index contributed by atoms with van der Waals surface area (Å²) < 4.78 is 0. The van der Waals surface area contributed by atoms with Gasteiger partial charge in [-0.25, -0.2) is 0 Å². The van der Waals surface area contributed by atoms with Crippen LogP contribution in [0.3, 0.4) is 0 Å². The maximum atomic E-state index is 12.8. The first kappa shape index (κ1) is 17.6. The van der Waals surface area contributed by atoms with E-state index in [1.807, 2.05) is 37.4 Å². The molecular formula is C21H26N2O2. The van der Waals surface area contributed by atoms with E-state index in [4.69, 9.17) is 0 Å². The van der Waals surface area contributed by atoms with Gasteiger partial charge in [-0.2, -0.15) is 0 Å². The lowest BCUT2D eigenvalue weighted by molar-refractivity contribution is -0.141. The number of carbonyl (C=O) groups is 2. The number of benzene rings is 1. The molecule has 1 saturated heterocycles. The Morgan fingerprint density at radius 2 is 1.64 bits per heavy atom. The fourth-order valence-corrected chi connectivity index (χ4v) is 4.23. The van der Waals surface area contributed by atoms with Crippen LogP contribution in [-0.4, -0.2) is 41.8 Å². The van der Waals surface area contributed by atoms with E-state index >= 15 is 0 Å². The standard InChI is InChI=1S/C21H26N2O2/c1-4-16-13-17(5-2)19-18(16)20(24)23(21(19)25)12-11-22(3)14-15-9-7-6-8-10-15/h4-10,16-19H,1-2,11-14H2,3H3. The fraction of sp³-hybridized carbons (Fsp3) is 0.429. The maximum Gasteiger partial charge on any atom is 0.233 e. The third-order valence-electron chi connectivity index (χ3n) is 5.56. The average Bonchev–Trinajstić information content (AvgIpc) is 3.11. The first-order chi connectivity index (χ1) is 12.1. The summed E-state index contributed by atoms with van der Waals surface area (Å²) in [5.74, 6) is -0.387. The van der Waals surface area contributed by atoms with Crippen LogP contribution < -0.4 is 0 Å². The molecule has 4 unspecified atom stereocenters. The largest absolute Gasteiger partial charge is 0.300 e. The molecule has 0 bridgehead atoms. The topological polar surface area (TPSA) is 40.6 Å². The molecule has 4 nitrogen and oxygen atoms in total. The summed E-state index contributed by atoms with van der Waals surface area (Å²) >= 11 is 0. The van der Waals surface area contributed by atoms with Crippen molar-refractivity contribution in [3.63, 3.8) is 0 Å². The Labute approximate surface area is 149 Å². The quantitative estimate of drug-likeness (QED) is 0.567. The van der Waals surface area contributed by atoms with E-state index in [9.17, 15) is 9.59 Å². The summed E-state index contributed by atoms with van der Waals surface area (Å²) in [5, 5.41) is 0. The van der Waals surface area contributed by atoms with Gasteiger partial charge in [0.2, 0.25) is 11.8 Å². The molecule has 1 aromatic carbocycles. The number of carbonyl (C=O) groups excluding carboxylic acids is 2. The molecule has 25 heavy (non-hydrogen) atoms. The van der Waals surface area contributed by atoms with E-state index in [2.05, 4.69) is 30.2 Å². The Kier molecular flexibility index (Phi) is 5.19. The predicted octanol–water partition coefficient (Wildman–Crippen LogP) is 2.73. The van der Waals surface area contributed by atoms with Crippen molar-refractivity contribution < 1.29 is 9.59 Å². The van der Waals surface area contributed by atoms with Gasteiger partial charge in [-0.15, -0.1) is 13.2 Å². The SMILES string of the molecule is C=CC1CC(C=C)C2C(=O)N(CCN(C)Cc3ccccc3)C(=O)C12. The number of hydrogen-bond donors (Lipinski definition) is 0. The third kappa shape index (κ3) is 3.31. The van der Waals surface area contributed by atoms with E-state index in [1.165, 1.54) is 10.5 Å². The van der Waals surface area contributed by atoms with E-state index < -0.39 is 0 Å². The molecule has 4 atom stereocenters. The molecule has 0 radical (unpaired) electrons. The smallest absolute Gasteiger partial charge is 0.233 e. The van der Waals surface area contributed by atoms with Crippen molar-refractivity contribution in [3.05, 3.63) is 61.2 Å². The summed E-state index contributed by atoms with van der Waals surface area (Å²) in [4.78, 5) is 29.2. The van der Waals surface area contributed by atoms with E-state index in [1.54, 1.807) is 0 Å². The van der Waals surface area contributed by atoms with E-state index in [0.717, 1.165) is 13.0 Å². The van der Waals surface area contributed by atoms with Crippen molar-refractivity contribution in [2.24, 2.45) is 23.7 Å². The van der Waals surface area contributed by atoms with Gasteiger partial charge in [-0.05, 0) is 30.9 Å². The van der Waals surface area contributed by atoms with Gasteiger partial charge in [0.15, 0.2) is 0 Å². The number of allylic oxidation sites excluding steroid dienone is 2. The Balaban J connectivity index is 1.63. The first-order valence-electron chi connectivity index (χ1n) is 8.89. The summed E-state index contributed by atoms with van der Waals surface area (Å²) in [6.45, 7) is 9.62. The number of hydrogen-bond acceptors (Lipinski definition) is 3. The maximum absolute atomic E-state index is 12.8. The van der Waals surface area contributed by atoms with Crippen LogP contribution in [0.1, 0.15) is 12.0 Å². The monoisotopic (exact) mass is 338 g/mol. The number of nitrogens with zero attached hydrogens (tertiary/aromatic N) is 2. The van der Waals surface area contributed by atoms with Crippen molar-refractivity contribution in [3.8, 4) is 0 Å². The Hall–Kier alpha value is -2.20. The highest BCUT2D eigenvalue weighted by Gasteiger charge is 2.56. The summed E-state index contributed by atoms with van der Waals surface area (Å²) in [7, 11) is 2.01. The number of likely N-dealkylation sites (tertiary alicyclic amines) is 1. The Morgan fingerprint density at radius 1 is 1.08 bits per heavy atom.